The summed E-state index contributed by atoms with van der Waals surface area (Å²) in [6, 6.07) is 2.16. The van der Waals surface area contributed by atoms with Crippen LogP contribution in [0.1, 0.15) is 47.0 Å². The zero-order valence-electron chi connectivity index (χ0n) is 10.1. The Kier molecular flexibility index (Phi) is 6.57. The molecule has 14 heavy (non-hydrogen) atoms. The molecule has 0 saturated heterocycles. The van der Waals surface area contributed by atoms with Crippen molar-refractivity contribution in [3.8, 4) is 6.07 Å². The number of nitriles is 1. The Labute approximate surface area is 88.7 Å². The lowest BCUT2D eigenvalue weighted by Crippen LogP contribution is -2.31. The number of rotatable bonds is 7. The molecule has 82 valence electrons. The highest BCUT2D eigenvalue weighted by atomic mass is 14.9. The van der Waals surface area contributed by atoms with Crippen molar-refractivity contribution in [1.82, 2.24) is 5.32 Å². The number of nitrogens with zero attached hydrogens (tertiary/aromatic N) is 1. The highest BCUT2D eigenvalue weighted by Crippen LogP contribution is 2.23. The molecule has 2 heteroatoms. The molecule has 0 atom stereocenters. The zero-order chi connectivity index (χ0) is 11.0. The third kappa shape index (κ3) is 8.07. The number of hydrogen-bond acceptors (Lipinski definition) is 2. The lowest BCUT2D eigenvalue weighted by Gasteiger charge is -2.27. The van der Waals surface area contributed by atoms with E-state index in [1.807, 2.05) is 0 Å². The number of unbranched alkanes of at least 4 members (excludes halogenated alkanes) is 1. The van der Waals surface area contributed by atoms with Crippen molar-refractivity contribution in [3.63, 3.8) is 0 Å². The standard InChI is InChI=1S/C12H24N2/c1-11(2)9-12(3,4)10-14-8-6-5-7-13/h11,14H,5-6,8-10H2,1-4H3. The summed E-state index contributed by atoms with van der Waals surface area (Å²) in [5.74, 6) is 0.755. The van der Waals surface area contributed by atoms with E-state index in [0.717, 1.165) is 25.4 Å². The molecule has 0 spiro atoms. The van der Waals surface area contributed by atoms with Crippen LogP contribution in [0.3, 0.4) is 0 Å². The quantitative estimate of drug-likeness (QED) is 0.635. The molecule has 0 saturated carbocycles. The summed E-state index contributed by atoms with van der Waals surface area (Å²) in [4.78, 5) is 0. The van der Waals surface area contributed by atoms with Gasteiger partial charge in [0, 0.05) is 13.0 Å². The summed E-state index contributed by atoms with van der Waals surface area (Å²) in [6.07, 6.45) is 2.88. The minimum Gasteiger partial charge on any atom is -0.316 e. The molecule has 0 bridgehead atoms. The number of hydrogen-bond donors (Lipinski definition) is 1. The van der Waals surface area contributed by atoms with Gasteiger partial charge in [-0.1, -0.05) is 27.7 Å². The van der Waals surface area contributed by atoms with Crippen LogP contribution in [-0.4, -0.2) is 13.1 Å². The average Bonchev–Trinajstić information content (AvgIpc) is 2.01. The van der Waals surface area contributed by atoms with Gasteiger partial charge in [0.05, 0.1) is 6.07 Å². The summed E-state index contributed by atoms with van der Waals surface area (Å²) in [5.41, 5.74) is 0.376. The molecule has 0 fully saturated rings. The van der Waals surface area contributed by atoms with Crippen LogP contribution in [0.5, 0.6) is 0 Å². The van der Waals surface area contributed by atoms with Gasteiger partial charge < -0.3 is 5.32 Å². The van der Waals surface area contributed by atoms with Crippen LogP contribution in [0.15, 0.2) is 0 Å². The Balaban J connectivity index is 3.51. The third-order valence-corrected chi connectivity index (χ3v) is 2.21. The summed E-state index contributed by atoms with van der Waals surface area (Å²) in [7, 11) is 0. The Hall–Kier alpha value is -0.550. The largest absolute Gasteiger partial charge is 0.316 e. The molecule has 0 aliphatic rings. The van der Waals surface area contributed by atoms with E-state index in [9.17, 15) is 0 Å². The Bertz CT molecular complexity index is 177. The van der Waals surface area contributed by atoms with E-state index in [4.69, 9.17) is 5.26 Å². The summed E-state index contributed by atoms with van der Waals surface area (Å²) >= 11 is 0. The smallest absolute Gasteiger partial charge is 0.0622 e. The summed E-state index contributed by atoms with van der Waals surface area (Å²) in [5, 5.41) is 11.8. The predicted molar refractivity (Wildman–Crippen MR) is 61.0 cm³/mol. The van der Waals surface area contributed by atoms with Gasteiger partial charge in [0.15, 0.2) is 0 Å². The van der Waals surface area contributed by atoms with Crippen LogP contribution < -0.4 is 5.32 Å². The van der Waals surface area contributed by atoms with Gasteiger partial charge in [-0.15, -0.1) is 0 Å². The van der Waals surface area contributed by atoms with Crippen molar-refractivity contribution in [2.24, 2.45) is 11.3 Å². The van der Waals surface area contributed by atoms with Crippen LogP contribution >= 0.6 is 0 Å². The van der Waals surface area contributed by atoms with Crippen molar-refractivity contribution >= 4 is 0 Å². The SMILES string of the molecule is CC(C)CC(C)(C)CNCCCC#N. The van der Waals surface area contributed by atoms with Crippen LogP contribution in [0, 0.1) is 22.7 Å². The molecule has 0 aromatic carbocycles. The molecule has 0 unspecified atom stereocenters. The van der Waals surface area contributed by atoms with E-state index in [1.54, 1.807) is 0 Å². The van der Waals surface area contributed by atoms with Crippen LogP contribution in [0.2, 0.25) is 0 Å². The molecule has 0 aromatic rings. The van der Waals surface area contributed by atoms with E-state index in [0.29, 0.717) is 11.8 Å². The molecule has 0 heterocycles. The lowest BCUT2D eigenvalue weighted by atomic mass is 9.84. The maximum atomic E-state index is 8.37. The van der Waals surface area contributed by atoms with Crippen LogP contribution in [-0.2, 0) is 0 Å². The van der Waals surface area contributed by atoms with Crippen molar-refractivity contribution in [1.29, 1.82) is 5.26 Å². The molecular formula is C12H24N2. The van der Waals surface area contributed by atoms with Gasteiger partial charge in [-0.05, 0) is 30.7 Å². The monoisotopic (exact) mass is 196 g/mol. The second kappa shape index (κ2) is 6.84. The first-order valence-corrected chi connectivity index (χ1v) is 5.55. The van der Waals surface area contributed by atoms with Gasteiger partial charge in [-0.25, -0.2) is 0 Å². The fourth-order valence-electron chi connectivity index (χ4n) is 1.90. The Morgan fingerprint density at radius 1 is 1.36 bits per heavy atom. The fraction of sp³-hybridized carbons (Fsp3) is 0.917. The molecule has 0 aliphatic heterocycles. The maximum Gasteiger partial charge on any atom is 0.0622 e. The van der Waals surface area contributed by atoms with E-state index >= 15 is 0 Å². The third-order valence-electron chi connectivity index (χ3n) is 2.21. The minimum atomic E-state index is 0.376. The first-order chi connectivity index (χ1) is 6.48. The zero-order valence-corrected chi connectivity index (χ0v) is 10.1. The highest BCUT2D eigenvalue weighted by molar-refractivity contribution is 4.74. The van der Waals surface area contributed by atoms with Gasteiger partial charge >= 0.3 is 0 Å². The van der Waals surface area contributed by atoms with Gasteiger partial charge in [0.1, 0.15) is 0 Å². The van der Waals surface area contributed by atoms with Crippen molar-refractivity contribution in [3.05, 3.63) is 0 Å². The molecule has 0 radical (unpaired) electrons. The normalized spacial score (nSPS) is 11.7. The minimum absolute atomic E-state index is 0.376. The average molecular weight is 196 g/mol. The molecule has 0 rings (SSSR count). The number of nitrogens with one attached hydrogen (secondary N) is 1. The van der Waals surface area contributed by atoms with Gasteiger partial charge in [0.2, 0.25) is 0 Å². The summed E-state index contributed by atoms with van der Waals surface area (Å²) in [6.45, 7) is 11.1. The van der Waals surface area contributed by atoms with Crippen molar-refractivity contribution in [2.75, 3.05) is 13.1 Å². The van der Waals surface area contributed by atoms with Crippen molar-refractivity contribution < 1.29 is 0 Å². The molecule has 0 aliphatic carbocycles. The van der Waals surface area contributed by atoms with E-state index in [-0.39, 0.29) is 0 Å². The Morgan fingerprint density at radius 3 is 2.50 bits per heavy atom. The van der Waals surface area contributed by atoms with E-state index in [2.05, 4.69) is 39.1 Å². The van der Waals surface area contributed by atoms with Gasteiger partial charge in [0.25, 0.3) is 0 Å². The van der Waals surface area contributed by atoms with E-state index < -0.39 is 0 Å². The molecular weight excluding hydrogens is 172 g/mol. The predicted octanol–water partition coefficient (Wildman–Crippen LogP) is 2.95. The summed E-state index contributed by atoms with van der Waals surface area (Å²) < 4.78 is 0. The Morgan fingerprint density at radius 2 is 2.00 bits per heavy atom. The van der Waals surface area contributed by atoms with Crippen molar-refractivity contribution in [2.45, 2.75) is 47.0 Å². The molecule has 2 nitrogen and oxygen atoms in total. The van der Waals surface area contributed by atoms with Gasteiger partial charge in [-0.2, -0.15) is 5.26 Å². The topological polar surface area (TPSA) is 35.8 Å². The van der Waals surface area contributed by atoms with Crippen LogP contribution in [0.25, 0.3) is 0 Å². The first kappa shape index (κ1) is 13.4. The maximum absolute atomic E-state index is 8.37. The molecule has 1 N–H and O–H groups in total. The second-order valence-corrected chi connectivity index (χ2v) is 5.20. The lowest BCUT2D eigenvalue weighted by molar-refractivity contribution is 0.273. The second-order valence-electron chi connectivity index (χ2n) is 5.20. The van der Waals surface area contributed by atoms with Crippen LogP contribution in [0.4, 0.5) is 0 Å². The van der Waals surface area contributed by atoms with Gasteiger partial charge in [-0.3, -0.25) is 0 Å². The fourth-order valence-corrected chi connectivity index (χ4v) is 1.90. The highest BCUT2D eigenvalue weighted by Gasteiger charge is 2.18. The molecule has 0 amide bonds. The van der Waals surface area contributed by atoms with E-state index in [1.165, 1.54) is 6.42 Å². The molecule has 0 aromatic heterocycles. The first-order valence-electron chi connectivity index (χ1n) is 5.55.